The van der Waals surface area contributed by atoms with Gasteiger partial charge in [0.15, 0.2) is 17.6 Å². The van der Waals surface area contributed by atoms with Crippen LogP contribution in [0.15, 0.2) is 55.1 Å². The van der Waals surface area contributed by atoms with E-state index in [1.165, 1.54) is 0 Å². The number of amides is 1. The van der Waals surface area contributed by atoms with Gasteiger partial charge in [-0.3, -0.25) is 4.79 Å². The summed E-state index contributed by atoms with van der Waals surface area (Å²) in [5.41, 5.74) is 10.4. The molecule has 0 aliphatic rings. The summed E-state index contributed by atoms with van der Waals surface area (Å²) >= 11 is 0. The van der Waals surface area contributed by atoms with Crippen molar-refractivity contribution in [2.75, 3.05) is 43.6 Å². The number of methoxy groups -OCH3 is 1. The number of anilines is 1. The number of aromatic nitrogens is 2. The molecule has 0 saturated heterocycles. The average molecular weight is 527 g/mol. The van der Waals surface area contributed by atoms with Gasteiger partial charge in [0.05, 0.1) is 14.2 Å². The summed E-state index contributed by atoms with van der Waals surface area (Å²) in [6, 6.07) is 14.0. The first kappa shape index (κ1) is 27.7. The lowest BCUT2D eigenvalue weighted by Crippen LogP contribution is -2.34. The number of allylic oxidation sites excluding steroid dienone is 2. The molecule has 0 saturated carbocycles. The van der Waals surface area contributed by atoms with Gasteiger partial charge in [0.25, 0.3) is 11.7 Å². The number of imidazole rings is 1. The van der Waals surface area contributed by atoms with E-state index in [-0.39, 0.29) is 12.5 Å². The SMILES string of the molecule is C=C(/C=C/c1n(CC(=O)NCCSSCCN)c2ccccc2[n+]1C)c1cc(OC)ccc1NCC. The van der Waals surface area contributed by atoms with E-state index in [9.17, 15) is 4.79 Å². The Morgan fingerprint density at radius 3 is 2.75 bits per heavy atom. The highest BCUT2D eigenvalue weighted by Gasteiger charge is 2.22. The Morgan fingerprint density at radius 2 is 2.00 bits per heavy atom. The molecule has 3 rings (SSSR count). The number of para-hydroxylation sites is 2. The number of nitrogens with one attached hydrogen (secondary N) is 2. The fraction of sp³-hybridized carbons (Fsp3) is 0.333. The Kier molecular flexibility index (Phi) is 10.8. The predicted octanol–water partition coefficient (Wildman–Crippen LogP) is 4.09. The van der Waals surface area contributed by atoms with E-state index in [4.69, 9.17) is 10.5 Å². The van der Waals surface area contributed by atoms with E-state index in [1.54, 1.807) is 28.7 Å². The summed E-state index contributed by atoms with van der Waals surface area (Å²) in [4.78, 5) is 12.8. The second-order valence-corrected chi connectivity index (χ2v) is 10.8. The average Bonchev–Trinajstić information content (AvgIpc) is 3.15. The third-order valence-electron chi connectivity index (χ3n) is 5.62. The molecule has 1 aromatic heterocycles. The third-order valence-corrected chi connectivity index (χ3v) is 8.06. The van der Waals surface area contributed by atoms with Crippen molar-refractivity contribution in [2.45, 2.75) is 13.5 Å². The monoisotopic (exact) mass is 526 g/mol. The molecule has 3 aromatic rings. The van der Waals surface area contributed by atoms with Gasteiger partial charge in [-0.15, -0.1) is 0 Å². The van der Waals surface area contributed by atoms with Crippen molar-refractivity contribution in [1.82, 2.24) is 9.88 Å². The van der Waals surface area contributed by atoms with Gasteiger partial charge in [-0.1, -0.05) is 40.3 Å². The molecule has 0 radical (unpaired) electrons. The van der Waals surface area contributed by atoms with Crippen molar-refractivity contribution in [3.8, 4) is 5.75 Å². The van der Waals surface area contributed by atoms with Crippen LogP contribution >= 0.6 is 21.6 Å². The number of hydrogen-bond acceptors (Lipinski definition) is 6. The Hall–Kier alpha value is -2.88. The molecule has 0 aliphatic carbocycles. The van der Waals surface area contributed by atoms with Crippen LogP contribution in [0.4, 0.5) is 5.69 Å². The molecule has 4 N–H and O–H groups in total. The zero-order valence-corrected chi connectivity index (χ0v) is 22.9. The van der Waals surface area contributed by atoms with E-state index in [2.05, 4.69) is 34.8 Å². The fourth-order valence-electron chi connectivity index (χ4n) is 3.89. The largest absolute Gasteiger partial charge is 0.497 e. The molecule has 0 fully saturated rings. The van der Waals surface area contributed by atoms with Crippen molar-refractivity contribution >= 4 is 55.9 Å². The van der Waals surface area contributed by atoms with E-state index < -0.39 is 0 Å². The minimum absolute atomic E-state index is 0.0171. The quantitative estimate of drug-likeness (QED) is 0.127. The van der Waals surface area contributed by atoms with Crippen LogP contribution in [0.3, 0.4) is 0 Å². The van der Waals surface area contributed by atoms with Crippen molar-refractivity contribution in [3.05, 3.63) is 66.5 Å². The Morgan fingerprint density at radius 1 is 1.22 bits per heavy atom. The zero-order chi connectivity index (χ0) is 25.9. The van der Waals surface area contributed by atoms with Crippen LogP contribution in [0.5, 0.6) is 5.75 Å². The van der Waals surface area contributed by atoms with Crippen molar-refractivity contribution < 1.29 is 14.1 Å². The number of rotatable bonds is 14. The second-order valence-electron chi connectivity index (χ2n) is 8.08. The number of ether oxygens (including phenoxy) is 1. The highest BCUT2D eigenvalue weighted by molar-refractivity contribution is 8.76. The number of carbonyl (C=O) groups is 1. The molecule has 0 unspecified atom stereocenters. The fourth-order valence-corrected chi connectivity index (χ4v) is 5.66. The van der Waals surface area contributed by atoms with E-state index in [0.29, 0.717) is 13.1 Å². The van der Waals surface area contributed by atoms with Gasteiger partial charge in [0.2, 0.25) is 0 Å². The van der Waals surface area contributed by atoms with Crippen LogP contribution in [0, 0.1) is 0 Å². The zero-order valence-electron chi connectivity index (χ0n) is 21.3. The van der Waals surface area contributed by atoms with Crippen LogP contribution in [-0.2, 0) is 18.4 Å². The second kappa shape index (κ2) is 14.0. The Labute approximate surface area is 221 Å². The van der Waals surface area contributed by atoms with Crippen molar-refractivity contribution in [3.63, 3.8) is 0 Å². The van der Waals surface area contributed by atoms with Crippen LogP contribution < -0.4 is 25.7 Å². The maximum Gasteiger partial charge on any atom is 0.282 e. The highest BCUT2D eigenvalue weighted by Crippen LogP contribution is 2.29. The first-order chi connectivity index (χ1) is 17.5. The number of nitrogens with two attached hydrogens (primary N) is 1. The standard InChI is InChI=1S/C27H35N5O2S2/c1-5-29-23-12-11-21(34-4)18-22(23)20(2)10-13-27-31(3)24-8-6-7-9-25(24)32(27)19-26(33)30-15-17-36-35-16-14-28/h6-13,18,29H,2,5,14-17,19,28H2,1,3-4H3/p+1/b13-10+. The number of nitrogens with zero attached hydrogens (tertiary/aromatic N) is 2. The normalized spacial score (nSPS) is 11.2. The number of fused-ring (bicyclic) bond motifs is 1. The minimum atomic E-state index is -0.0171. The van der Waals surface area contributed by atoms with Gasteiger partial charge in [0.1, 0.15) is 5.75 Å². The van der Waals surface area contributed by atoms with Gasteiger partial charge in [-0.2, -0.15) is 0 Å². The molecule has 7 nitrogen and oxygen atoms in total. The van der Waals surface area contributed by atoms with E-state index in [1.807, 2.05) is 60.2 Å². The third kappa shape index (κ3) is 7.09. The summed E-state index contributed by atoms with van der Waals surface area (Å²) in [5, 5.41) is 6.43. The lowest BCUT2D eigenvalue weighted by atomic mass is 10.0. The molecule has 0 bridgehead atoms. The number of benzene rings is 2. The molecule has 0 aliphatic heterocycles. The summed E-state index contributed by atoms with van der Waals surface area (Å²) in [5.74, 6) is 3.43. The molecule has 1 amide bonds. The first-order valence-electron chi connectivity index (χ1n) is 12.0. The molecule has 1 heterocycles. The number of aryl methyl sites for hydroxylation is 1. The molecule has 192 valence electrons. The summed E-state index contributed by atoms with van der Waals surface area (Å²) in [6.07, 6.45) is 4.01. The van der Waals surface area contributed by atoms with Gasteiger partial charge in [-0.25, -0.2) is 9.13 Å². The van der Waals surface area contributed by atoms with Crippen molar-refractivity contribution in [2.24, 2.45) is 12.8 Å². The first-order valence-corrected chi connectivity index (χ1v) is 14.5. The lowest BCUT2D eigenvalue weighted by molar-refractivity contribution is -0.647. The number of carbonyl (C=O) groups excluding carboxylic acids is 1. The number of hydrogen-bond donors (Lipinski definition) is 3. The molecular weight excluding hydrogens is 490 g/mol. The van der Waals surface area contributed by atoms with Crippen LogP contribution in [0.1, 0.15) is 18.3 Å². The maximum atomic E-state index is 12.8. The Balaban J connectivity index is 1.84. The smallest absolute Gasteiger partial charge is 0.282 e. The highest BCUT2D eigenvalue weighted by atomic mass is 33.1. The van der Waals surface area contributed by atoms with Crippen LogP contribution in [0.2, 0.25) is 0 Å². The molecule has 0 spiro atoms. The summed E-state index contributed by atoms with van der Waals surface area (Å²) < 4.78 is 9.57. The molecule has 0 atom stereocenters. The topological polar surface area (TPSA) is 85.2 Å². The molecular formula is C27H36N5O2S2+. The molecule has 2 aromatic carbocycles. The van der Waals surface area contributed by atoms with Crippen LogP contribution in [-0.4, -0.2) is 48.7 Å². The van der Waals surface area contributed by atoms with E-state index in [0.717, 1.165) is 57.5 Å². The van der Waals surface area contributed by atoms with Gasteiger partial charge in [-0.05, 0) is 48.9 Å². The summed E-state index contributed by atoms with van der Waals surface area (Å²) in [7, 11) is 7.13. The minimum Gasteiger partial charge on any atom is -0.497 e. The molecule has 9 heteroatoms. The summed E-state index contributed by atoms with van der Waals surface area (Å²) in [6.45, 7) is 8.70. The molecule has 36 heavy (non-hydrogen) atoms. The van der Waals surface area contributed by atoms with Crippen molar-refractivity contribution in [1.29, 1.82) is 0 Å². The van der Waals surface area contributed by atoms with Gasteiger partial charge >= 0.3 is 0 Å². The lowest BCUT2D eigenvalue weighted by Gasteiger charge is -2.12. The predicted molar refractivity (Wildman–Crippen MR) is 155 cm³/mol. The Bertz CT molecular complexity index is 1220. The van der Waals surface area contributed by atoms with Gasteiger partial charge in [0, 0.05) is 48.5 Å². The van der Waals surface area contributed by atoms with Crippen LogP contribution in [0.25, 0.3) is 22.7 Å². The van der Waals surface area contributed by atoms with E-state index >= 15 is 0 Å². The van der Waals surface area contributed by atoms with Gasteiger partial charge < -0.3 is 21.1 Å². The maximum absolute atomic E-state index is 12.8.